The van der Waals surface area contributed by atoms with E-state index < -0.39 is 11.8 Å². The molecule has 4 aromatic rings. The van der Waals surface area contributed by atoms with Crippen molar-refractivity contribution in [3.05, 3.63) is 54.5 Å². The third kappa shape index (κ3) is 5.01. The molecule has 1 fully saturated rings. The van der Waals surface area contributed by atoms with Crippen molar-refractivity contribution in [2.45, 2.75) is 51.7 Å². The minimum atomic E-state index is -0.673. The van der Waals surface area contributed by atoms with E-state index in [1.807, 2.05) is 48.3 Å². The normalized spacial score (nSPS) is 16.3. The molecule has 38 heavy (non-hydrogen) atoms. The summed E-state index contributed by atoms with van der Waals surface area (Å²) in [4.78, 5) is 21.8. The first-order valence-electron chi connectivity index (χ1n) is 12.9. The number of fused-ring (bicyclic) bond motifs is 2. The highest BCUT2D eigenvalue weighted by atomic mass is 16.8. The number of piperidine rings is 1. The van der Waals surface area contributed by atoms with Gasteiger partial charge in [-0.15, -0.1) is 10.2 Å². The number of aromatic nitrogens is 5. The van der Waals surface area contributed by atoms with Crippen LogP contribution in [0.4, 0.5) is 16.4 Å². The molecule has 0 aliphatic carbocycles. The Morgan fingerprint density at radius 2 is 1.97 bits per heavy atom. The second kappa shape index (κ2) is 9.64. The monoisotopic (exact) mass is 517 g/mol. The van der Waals surface area contributed by atoms with Crippen LogP contribution in [-0.2, 0) is 16.0 Å². The van der Waals surface area contributed by atoms with Crippen LogP contribution in [-0.4, -0.2) is 60.9 Å². The van der Waals surface area contributed by atoms with E-state index >= 15 is 0 Å². The van der Waals surface area contributed by atoms with Crippen molar-refractivity contribution >= 4 is 23.3 Å². The zero-order valence-corrected chi connectivity index (χ0v) is 21.8. The molecular weight excluding hydrogens is 486 g/mol. The van der Waals surface area contributed by atoms with Gasteiger partial charge in [0, 0.05) is 31.3 Å². The number of benzene rings is 1. The highest BCUT2D eigenvalue weighted by molar-refractivity contribution is 5.74. The van der Waals surface area contributed by atoms with Gasteiger partial charge >= 0.3 is 6.16 Å². The molecular formula is C27H31N7O4. The highest BCUT2D eigenvalue weighted by Crippen LogP contribution is 2.37. The summed E-state index contributed by atoms with van der Waals surface area (Å²) in [5.41, 5.74) is 4.33. The van der Waals surface area contributed by atoms with Crippen molar-refractivity contribution in [2.24, 2.45) is 0 Å². The number of nitrogens with one attached hydrogen (secondary N) is 1. The zero-order valence-electron chi connectivity index (χ0n) is 21.8. The van der Waals surface area contributed by atoms with Gasteiger partial charge in [0.15, 0.2) is 0 Å². The maximum absolute atomic E-state index is 11.9. The van der Waals surface area contributed by atoms with Crippen LogP contribution in [0.15, 0.2) is 48.9 Å². The SMILES string of the molecule is CC(C)(C)OC(=O)ON1CCC(n2cc(Nc3ncc4ccc(-c5cccc6c5OCC6)n4n3)cn2)CC1. The molecule has 198 valence electrons. The van der Waals surface area contributed by atoms with Gasteiger partial charge in [-0.3, -0.25) is 4.68 Å². The largest absolute Gasteiger partial charge is 0.528 e. The predicted octanol–water partition coefficient (Wildman–Crippen LogP) is 4.77. The third-order valence-electron chi connectivity index (χ3n) is 6.64. The van der Waals surface area contributed by atoms with Crippen molar-refractivity contribution in [3.8, 4) is 17.0 Å². The molecule has 11 heteroatoms. The molecule has 0 bridgehead atoms. The van der Waals surface area contributed by atoms with E-state index in [9.17, 15) is 4.79 Å². The Balaban J connectivity index is 1.12. The van der Waals surface area contributed by atoms with Gasteiger partial charge in [0.05, 0.1) is 41.9 Å². The highest BCUT2D eigenvalue weighted by Gasteiger charge is 2.26. The second-order valence-corrected chi connectivity index (χ2v) is 10.6. The standard InChI is InChI=1S/C27H31N7O4/c1-27(2,3)37-26(35)38-32-12-9-20(10-13-32)33-17-19(15-29-33)30-25-28-16-21-7-8-23(34(21)31-25)22-6-4-5-18-11-14-36-24(18)22/h4-8,15-17,20H,9-14H2,1-3H3,(H,30,31). The maximum Gasteiger partial charge on any atom is 0.528 e. The zero-order chi connectivity index (χ0) is 26.3. The Morgan fingerprint density at radius 3 is 2.79 bits per heavy atom. The summed E-state index contributed by atoms with van der Waals surface area (Å²) in [7, 11) is 0. The molecule has 1 aromatic carbocycles. The molecule has 1 saturated heterocycles. The van der Waals surface area contributed by atoms with Crippen molar-refractivity contribution in [2.75, 3.05) is 25.0 Å². The molecule has 0 atom stereocenters. The van der Waals surface area contributed by atoms with Crippen LogP contribution in [0.25, 0.3) is 16.8 Å². The molecule has 5 heterocycles. The first-order valence-corrected chi connectivity index (χ1v) is 12.9. The van der Waals surface area contributed by atoms with E-state index in [0.29, 0.717) is 25.6 Å². The topological polar surface area (TPSA) is 108 Å². The predicted molar refractivity (Wildman–Crippen MR) is 140 cm³/mol. The Bertz CT molecular complexity index is 1460. The van der Waals surface area contributed by atoms with Crippen molar-refractivity contribution in [1.29, 1.82) is 0 Å². The molecule has 6 rings (SSSR count). The van der Waals surface area contributed by atoms with E-state index in [2.05, 4.69) is 33.6 Å². The van der Waals surface area contributed by atoms with Crippen molar-refractivity contribution in [1.82, 2.24) is 29.4 Å². The summed E-state index contributed by atoms with van der Waals surface area (Å²) < 4.78 is 15.0. The third-order valence-corrected chi connectivity index (χ3v) is 6.64. The lowest BCUT2D eigenvalue weighted by molar-refractivity contribution is -0.154. The lowest BCUT2D eigenvalue weighted by Crippen LogP contribution is -2.38. The van der Waals surface area contributed by atoms with Crippen LogP contribution >= 0.6 is 0 Å². The molecule has 0 spiro atoms. The fraction of sp³-hybridized carbons (Fsp3) is 0.407. The van der Waals surface area contributed by atoms with Crippen LogP contribution in [0.3, 0.4) is 0 Å². The van der Waals surface area contributed by atoms with E-state index in [-0.39, 0.29) is 6.04 Å². The number of ether oxygens (including phenoxy) is 2. The molecule has 11 nitrogen and oxygen atoms in total. The summed E-state index contributed by atoms with van der Waals surface area (Å²) >= 11 is 0. The number of carbonyl (C=O) groups excluding carboxylic acids is 1. The molecule has 1 N–H and O–H groups in total. The van der Waals surface area contributed by atoms with E-state index in [4.69, 9.17) is 19.4 Å². The average molecular weight is 518 g/mol. The van der Waals surface area contributed by atoms with Gasteiger partial charge < -0.3 is 19.6 Å². The number of nitrogens with zero attached hydrogens (tertiary/aromatic N) is 6. The van der Waals surface area contributed by atoms with Gasteiger partial charge in [0.2, 0.25) is 5.95 Å². The van der Waals surface area contributed by atoms with Crippen molar-refractivity contribution in [3.63, 3.8) is 0 Å². The van der Waals surface area contributed by atoms with Gasteiger partial charge in [0.25, 0.3) is 0 Å². The van der Waals surface area contributed by atoms with Gasteiger partial charge in [-0.1, -0.05) is 12.1 Å². The van der Waals surface area contributed by atoms with Crippen molar-refractivity contribution < 1.29 is 19.1 Å². The van der Waals surface area contributed by atoms with Crippen LogP contribution in [0.5, 0.6) is 5.75 Å². The van der Waals surface area contributed by atoms with Crippen LogP contribution in [0.2, 0.25) is 0 Å². The number of hydrogen-bond acceptors (Lipinski definition) is 9. The number of para-hydroxylation sites is 1. The summed E-state index contributed by atoms with van der Waals surface area (Å²) in [6.45, 7) is 7.36. The Kier molecular flexibility index (Phi) is 6.15. The van der Waals surface area contributed by atoms with E-state index in [0.717, 1.165) is 47.5 Å². The van der Waals surface area contributed by atoms with Gasteiger partial charge in [-0.05, 0) is 57.4 Å². The Morgan fingerprint density at radius 1 is 1.13 bits per heavy atom. The maximum atomic E-state index is 11.9. The fourth-order valence-corrected chi connectivity index (χ4v) is 4.88. The van der Waals surface area contributed by atoms with Crippen LogP contribution < -0.4 is 10.1 Å². The molecule has 3 aromatic heterocycles. The van der Waals surface area contributed by atoms with Gasteiger partial charge in [-0.2, -0.15) is 5.10 Å². The lowest BCUT2D eigenvalue weighted by Gasteiger charge is -2.31. The van der Waals surface area contributed by atoms with Crippen LogP contribution in [0, 0.1) is 0 Å². The second-order valence-electron chi connectivity index (χ2n) is 10.6. The summed E-state index contributed by atoms with van der Waals surface area (Å²) in [6, 6.07) is 10.5. The molecule has 0 saturated carbocycles. The Labute approximate surface area is 220 Å². The molecule has 0 amide bonds. The molecule has 2 aliphatic heterocycles. The first-order chi connectivity index (χ1) is 18.3. The summed E-state index contributed by atoms with van der Waals surface area (Å²) in [5.74, 6) is 1.41. The summed E-state index contributed by atoms with van der Waals surface area (Å²) in [6.07, 6.45) is 7.36. The first kappa shape index (κ1) is 24.2. The number of rotatable bonds is 5. The Hall–Kier alpha value is -4.12. The molecule has 0 unspecified atom stereocenters. The molecule has 0 radical (unpaired) electrons. The molecule has 2 aliphatic rings. The average Bonchev–Trinajstić information content (AvgIpc) is 3.63. The number of anilines is 2. The minimum absolute atomic E-state index is 0.198. The smallest absolute Gasteiger partial charge is 0.492 e. The van der Waals surface area contributed by atoms with E-state index in [1.54, 1.807) is 17.5 Å². The number of carbonyl (C=O) groups is 1. The minimum Gasteiger partial charge on any atom is -0.492 e. The fourth-order valence-electron chi connectivity index (χ4n) is 4.88. The van der Waals surface area contributed by atoms with Gasteiger partial charge in [0.1, 0.15) is 11.4 Å². The quantitative estimate of drug-likeness (QED) is 0.374. The number of hydrogen-bond donors (Lipinski definition) is 1. The van der Waals surface area contributed by atoms with E-state index in [1.165, 1.54) is 5.56 Å². The lowest BCUT2D eigenvalue weighted by atomic mass is 10.1. The number of hydroxylamine groups is 2. The van der Waals surface area contributed by atoms with Gasteiger partial charge in [-0.25, -0.2) is 14.3 Å². The van der Waals surface area contributed by atoms with Crippen LogP contribution in [0.1, 0.15) is 45.2 Å². The summed E-state index contributed by atoms with van der Waals surface area (Å²) in [5, 5.41) is 14.2.